The molecule has 0 fully saturated rings. The molecule has 0 bridgehead atoms. The average molecular weight is 365 g/mol. The lowest BCUT2D eigenvalue weighted by Crippen LogP contribution is -2.04. The van der Waals surface area contributed by atoms with E-state index in [1.165, 1.54) is 5.56 Å². The Morgan fingerprint density at radius 1 is 1.04 bits per heavy atom. The molecule has 9 heteroatoms. The number of hydrogen-bond acceptors (Lipinski definition) is 9. The zero-order chi connectivity index (χ0) is 17.9. The number of aryl methyl sites for hydroxylation is 1. The number of rotatable bonds is 5. The molecule has 0 spiro atoms. The first-order valence-electron chi connectivity index (χ1n) is 7.87. The van der Waals surface area contributed by atoms with Gasteiger partial charge in [0.15, 0.2) is 11.6 Å². The fourth-order valence-corrected chi connectivity index (χ4v) is 2.92. The minimum atomic E-state index is 0.310. The van der Waals surface area contributed by atoms with Gasteiger partial charge >= 0.3 is 0 Å². The molecule has 130 valence electrons. The maximum atomic E-state index is 4.71. The Bertz CT molecular complexity index is 1070. The number of hydrazone groups is 1. The second kappa shape index (κ2) is 6.89. The summed E-state index contributed by atoms with van der Waals surface area (Å²) in [7, 11) is 0. The first-order chi connectivity index (χ1) is 12.7. The number of hydrogen-bond donors (Lipinski definition) is 2. The third-order valence-electron chi connectivity index (χ3n) is 3.88. The van der Waals surface area contributed by atoms with Gasteiger partial charge < -0.3 is 5.32 Å². The number of anilines is 3. The Morgan fingerprint density at radius 3 is 2.62 bits per heavy atom. The monoisotopic (exact) mass is 365 g/mol. The molecular formula is C17H15N7OS. The normalized spacial score (nSPS) is 11.3. The van der Waals surface area contributed by atoms with Crippen LogP contribution < -0.4 is 10.7 Å². The van der Waals surface area contributed by atoms with Crippen molar-refractivity contribution in [1.82, 2.24) is 20.3 Å². The van der Waals surface area contributed by atoms with Gasteiger partial charge in [0.25, 0.3) is 0 Å². The van der Waals surface area contributed by atoms with Crippen LogP contribution in [0.5, 0.6) is 0 Å². The van der Waals surface area contributed by atoms with Gasteiger partial charge in [-0.3, -0.25) is 5.43 Å². The fourth-order valence-electron chi connectivity index (χ4n) is 2.34. The highest BCUT2D eigenvalue weighted by molar-refractivity contribution is 7.11. The van der Waals surface area contributed by atoms with E-state index in [0.29, 0.717) is 22.9 Å². The van der Waals surface area contributed by atoms with Crippen LogP contribution in [0, 0.1) is 13.8 Å². The summed E-state index contributed by atoms with van der Waals surface area (Å²) in [5.41, 5.74) is 6.79. The first-order valence-corrected chi connectivity index (χ1v) is 8.75. The van der Waals surface area contributed by atoms with Crippen molar-refractivity contribution in [3.05, 3.63) is 51.7 Å². The van der Waals surface area contributed by atoms with Crippen LogP contribution >= 0.6 is 11.3 Å². The van der Waals surface area contributed by atoms with E-state index in [0.717, 1.165) is 16.1 Å². The zero-order valence-electron chi connectivity index (χ0n) is 14.1. The van der Waals surface area contributed by atoms with E-state index >= 15 is 0 Å². The molecule has 1 aromatic carbocycles. The Kier molecular flexibility index (Phi) is 4.28. The lowest BCUT2D eigenvalue weighted by atomic mass is 10.1. The van der Waals surface area contributed by atoms with Crippen LogP contribution in [0.15, 0.2) is 45.4 Å². The molecular weight excluding hydrogens is 350 g/mol. The standard InChI is InChI=1S/C17H15N7OS/c1-10-5-3-7-13(11(10)2)19-14-15(21-17-16(20-14)23-25-24-17)22-18-9-12-6-4-8-26-12/h3-9H,1-2H3,(H,19,20,23)(H,21,22,24)/b18-9-. The molecule has 4 rings (SSSR count). The van der Waals surface area contributed by atoms with E-state index in [4.69, 9.17) is 4.63 Å². The van der Waals surface area contributed by atoms with Gasteiger partial charge in [0.05, 0.1) is 6.21 Å². The van der Waals surface area contributed by atoms with Crippen molar-refractivity contribution in [2.24, 2.45) is 5.10 Å². The third kappa shape index (κ3) is 3.24. The summed E-state index contributed by atoms with van der Waals surface area (Å²) in [5.74, 6) is 0.923. The number of nitrogens with zero attached hydrogens (tertiary/aromatic N) is 5. The molecule has 3 heterocycles. The highest BCUT2D eigenvalue weighted by Gasteiger charge is 2.13. The van der Waals surface area contributed by atoms with Crippen molar-refractivity contribution in [1.29, 1.82) is 0 Å². The molecule has 26 heavy (non-hydrogen) atoms. The van der Waals surface area contributed by atoms with Crippen molar-refractivity contribution in [2.75, 3.05) is 10.7 Å². The van der Waals surface area contributed by atoms with Crippen LogP contribution in [-0.4, -0.2) is 26.5 Å². The Morgan fingerprint density at radius 2 is 1.85 bits per heavy atom. The van der Waals surface area contributed by atoms with Crippen molar-refractivity contribution in [2.45, 2.75) is 13.8 Å². The van der Waals surface area contributed by atoms with Gasteiger partial charge in [-0.2, -0.15) is 10.1 Å². The SMILES string of the molecule is Cc1cccc(Nc2nc3nonc3nc2N/N=C\c2cccs2)c1C. The van der Waals surface area contributed by atoms with Crippen LogP contribution in [-0.2, 0) is 0 Å². The molecule has 0 aliphatic heterocycles. The number of thiophene rings is 1. The van der Waals surface area contributed by atoms with E-state index in [9.17, 15) is 0 Å². The van der Waals surface area contributed by atoms with Crippen molar-refractivity contribution in [3.8, 4) is 0 Å². The van der Waals surface area contributed by atoms with Gasteiger partial charge in [0, 0.05) is 10.6 Å². The fraction of sp³-hybridized carbons (Fsp3) is 0.118. The Labute approximate surface area is 153 Å². The summed E-state index contributed by atoms with van der Waals surface area (Å²) in [4.78, 5) is 9.86. The zero-order valence-corrected chi connectivity index (χ0v) is 14.9. The molecule has 0 radical (unpaired) electrons. The summed E-state index contributed by atoms with van der Waals surface area (Å²) in [6.07, 6.45) is 1.72. The molecule has 0 saturated carbocycles. The summed E-state index contributed by atoms with van der Waals surface area (Å²) in [6, 6.07) is 9.96. The van der Waals surface area contributed by atoms with Crippen LogP contribution in [0.25, 0.3) is 11.3 Å². The molecule has 3 aromatic heterocycles. The molecule has 2 N–H and O–H groups in total. The van der Waals surface area contributed by atoms with Crippen molar-refractivity contribution < 1.29 is 4.63 Å². The summed E-state index contributed by atoms with van der Waals surface area (Å²) < 4.78 is 4.71. The van der Waals surface area contributed by atoms with Gasteiger partial charge in [0.2, 0.25) is 11.3 Å². The largest absolute Gasteiger partial charge is 0.337 e. The number of fused-ring (bicyclic) bond motifs is 1. The summed E-state index contributed by atoms with van der Waals surface area (Å²) in [5, 5.41) is 17.0. The molecule has 4 aromatic rings. The van der Waals surface area contributed by atoms with Gasteiger partial charge in [0.1, 0.15) is 0 Å². The lowest BCUT2D eigenvalue weighted by Gasteiger charge is -2.12. The minimum absolute atomic E-state index is 0.310. The predicted molar refractivity (Wildman–Crippen MR) is 102 cm³/mol. The molecule has 0 aliphatic rings. The Balaban J connectivity index is 1.68. The third-order valence-corrected chi connectivity index (χ3v) is 4.68. The van der Waals surface area contributed by atoms with Gasteiger partial charge in [-0.05, 0) is 52.8 Å². The van der Waals surface area contributed by atoms with Gasteiger partial charge in [-0.15, -0.1) is 11.3 Å². The molecule has 0 aliphatic carbocycles. The lowest BCUT2D eigenvalue weighted by molar-refractivity contribution is 0.314. The van der Waals surface area contributed by atoms with E-state index in [2.05, 4.69) is 49.1 Å². The van der Waals surface area contributed by atoms with Crippen molar-refractivity contribution >= 4 is 46.2 Å². The van der Waals surface area contributed by atoms with Crippen LogP contribution in [0.4, 0.5) is 17.3 Å². The van der Waals surface area contributed by atoms with Crippen LogP contribution in [0.3, 0.4) is 0 Å². The molecule has 0 saturated heterocycles. The molecule has 0 unspecified atom stereocenters. The average Bonchev–Trinajstić information content (AvgIpc) is 3.30. The maximum Gasteiger partial charge on any atom is 0.245 e. The number of aromatic nitrogens is 4. The first kappa shape index (κ1) is 16.2. The number of nitrogens with one attached hydrogen (secondary N) is 2. The number of benzene rings is 1. The van der Waals surface area contributed by atoms with E-state index in [1.807, 2.05) is 36.6 Å². The smallest absolute Gasteiger partial charge is 0.245 e. The molecule has 0 amide bonds. The van der Waals surface area contributed by atoms with Crippen molar-refractivity contribution in [3.63, 3.8) is 0 Å². The highest BCUT2D eigenvalue weighted by Crippen LogP contribution is 2.27. The highest BCUT2D eigenvalue weighted by atomic mass is 32.1. The summed E-state index contributed by atoms with van der Waals surface area (Å²) in [6.45, 7) is 4.10. The molecule has 0 atom stereocenters. The van der Waals surface area contributed by atoms with Crippen LogP contribution in [0.1, 0.15) is 16.0 Å². The predicted octanol–water partition coefficient (Wildman–Crippen LogP) is 3.88. The quantitative estimate of drug-likeness (QED) is 0.409. The minimum Gasteiger partial charge on any atom is -0.337 e. The summed E-state index contributed by atoms with van der Waals surface area (Å²) >= 11 is 1.59. The maximum absolute atomic E-state index is 4.71. The van der Waals surface area contributed by atoms with Crippen LogP contribution in [0.2, 0.25) is 0 Å². The second-order valence-electron chi connectivity index (χ2n) is 5.59. The van der Waals surface area contributed by atoms with Gasteiger partial charge in [-0.1, -0.05) is 18.2 Å². The van der Waals surface area contributed by atoms with E-state index < -0.39 is 0 Å². The second-order valence-corrected chi connectivity index (χ2v) is 6.57. The van der Waals surface area contributed by atoms with Gasteiger partial charge in [-0.25, -0.2) is 9.61 Å². The topological polar surface area (TPSA) is 101 Å². The van der Waals surface area contributed by atoms with E-state index in [-0.39, 0.29) is 0 Å². The van der Waals surface area contributed by atoms with E-state index in [1.54, 1.807) is 17.6 Å². The molecule has 8 nitrogen and oxygen atoms in total. The Hall–Kier alpha value is -3.33.